The fraction of sp³-hybridized carbons (Fsp3) is 0.0769. The van der Waals surface area contributed by atoms with Crippen LogP contribution in [0.2, 0.25) is 10.0 Å². The number of rotatable bonds is 3. The quantitative estimate of drug-likeness (QED) is 0.810. The highest BCUT2D eigenvalue weighted by atomic mass is 35.5. The van der Waals surface area contributed by atoms with Crippen LogP contribution in [0.1, 0.15) is 26.5 Å². The lowest BCUT2D eigenvalue weighted by Crippen LogP contribution is -2.14. The molecular weight excluding hydrogens is 303 g/mol. The molecule has 0 aliphatic carbocycles. The number of H-pyrrole nitrogens is 1. The third-order valence-corrected chi connectivity index (χ3v) is 3.15. The standard InChI is InChI=1S/C13H10Cl2N2O3/c1-6-4-10(11(16-6)13(19)20)17-12(18)8-5-7(14)2-3-9(8)15/h2-5,16H,1H3,(H,17,18)(H,19,20). The number of aryl methyl sites for hydroxylation is 1. The van der Waals surface area contributed by atoms with Crippen molar-refractivity contribution in [1.82, 2.24) is 4.98 Å². The first-order valence-corrected chi connectivity index (χ1v) is 6.33. The number of carboxylic acid groups (broad SMARTS) is 1. The average molecular weight is 313 g/mol. The maximum absolute atomic E-state index is 12.1. The third kappa shape index (κ3) is 2.95. The minimum Gasteiger partial charge on any atom is -0.477 e. The van der Waals surface area contributed by atoms with Crippen LogP contribution in [-0.2, 0) is 0 Å². The highest BCUT2D eigenvalue weighted by Crippen LogP contribution is 2.23. The molecule has 0 aliphatic heterocycles. The molecule has 1 amide bonds. The molecule has 0 unspecified atom stereocenters. The Labute approximate surface area is 124 Å². The van der Waals surface area contributed by atoms with Gasteiger partial charge in [-0.15, -0.1) is 0 Å². The molecular formula is C13H10Cl2N2O3. The molecule has 2 aromatic rings. The van der Waals surface area contributed by atoms with Gasteiger partial charge in [-0.25, -0.2) is 4.79 Å². The lowest BCUT2D eigenvalue weighted by Gasteiger charge is -2.06. The van der Waals surface area contributed by atoms with Crippen LogP contribution < -0.4 is 5.32 Å². The van der Waals surface area contributed by atoms with E-state index in [2.05, 4.69) is 10.3 Å². The zero-order valence-corrected chi connectivity index (χ0v) is 11.8. The minimum absolute atomic E-state index is 0.0889. The molecule has 20 heavy (non-hydrogen) atoms. The van der Waals surface area contributed by atoms with E-state index in [0.29, 0.717) is 10.7 Å². The number of benzene rings is 1. The Hall–Kier alpha value is -1.98. The molecule has 0 fully saturated rings. The van der Waals surface area contributed by atoms with Crippen LogP contribution in [0.3, 0.4) is 0 Å². The number of nitrogens with one attached hydrogen (secondary N) is 2. The normalized spacial score (nSPS) is 10.3. The van der Waals surface area contributed by atoms with E-state index in [1.165, 1.54) is 18.2 Å². The number of carbonyl (C=O) groups is 2. The summed E-state index contributed by atoms with van der Waals surface area (Å²) in [6.45, 7) is 1.69. The van der Waals surface area contributed by atoms with Gasteiger partial charge in [0.05, 0.1) is 16.3 Å². The van der Waals surface area contributed by atoms with Gasteiger partial charge in [0, 0.05) is 10.7 Å². The van der Waals surface area contributed by atoms with Crippen molar-refractivity contribution < 1.29 is 14.7 Å². The summed E-state index contributed by atoms with van der Waals surface area (Å²) >= 11 is 11.7. The topological polar surface area (TPSA) is 82.2 Å². The van der Waals surface area contributed by atoms with Crippen molar-refractivity contribution in [2.75, 3.05) is 5.32 Å². The fourth-order valence-corrected chi connectivity index (χ4v) is 2.09. The first-order chi connectivity index (χ1) is 9.38. The number of carbonyl (C=O) groups excluding carboxylic acids is 1. The van der Waals surface area contributed by atoms with Gasteiger partial charge < -0.3 is 15.4 Å². The summed E-state index contributed by atoms with van der Waals surface area (Å²) in [5, 5.41) is 12.1. The van der Waals surface area contributed by atoms with E-state index in [9.17, 15) is 9.59 Å². The van der Waals surface area contributed by atoms with Gasteiger partial charge in [-0.1, -0.05) is 23.2 Å². The highest BCUT2D eigenvalue weighted by Gasteiger charge is 2.17. The van der Waals surface area contributed by atoms with Gasteiger partial charge in [0.15, 0.2) is 0 Å². The summed E-state index contributed by atoms with van der Waals surface area (Å²) in [5.74, 6) is -1.69. The molecule has 1 aromatic carbocycles. The Morgan fingerprint density at radius 1 is 1.25 bits per heavy atom. The number of aromatic nitrogens is 1. The Balaban J connectivity index is 2.32. The number of halogens is 2. The molecule has 0 bridgehead atoms. The van der Waals surface area contributed by atoms with Crippen LogP contribution in [0, 0.1) is 6.92 Å². The molecule has 2 rings (SSSR count). The molecule has 0 radical (unpaired) electrons. The Morgan fingerprint density at radius 2 is 1.95 bits per heavy atom. The van der Waals surface area contributed by atoms with Crippen LogP contribution in [0.4, 0.5) is 5.69 Å². The Morgan fingerprint density at radius 3 is 2.60 bits per heavy atom. The summed E-state index contributed by atoms with van der Waals surface area (Å²) in [7, 11) is 0. The van der Waals surface area contributed by atoms with Crippen molar-refractivity contribution in [2.24, 2.45) is 0 Å². The molecule has 5 nitrogen and oxygen atoms in total. The van der Waals surface area contributed by atoms with Crippen molar-refractivity contribution in [3.8, 4) is 0 Å². The van der Waals surface area contributed by atoms with Crippen LogP contribution in [0.15, 0.2) is 24.3 Å². The SMILES string of the molecule is Cc1cc(NC(=O)c2cc(Cl)ccc2Cl)c(C(=O)O)[nH]1. The molecule has 0 atom stereocenters. The summed E-state index contributed by atoms with van der Waals surface area (Å²) in [6, 6.07) is 6.00. The van der Waals surface area contributed by atoms with E-state index in [1.54, 1.807) is 13.0 Å². The van der Waals surface area contributed by atoms with E-state index in [1.807, 2.05) is 0 Å². The second-order valence-electron chi connectivity index (χ2n) is 4.12. The summed E-state index contributed by atoms with van der Waals surface area (Å²) in [6.07, 6.45) is 0. The maximum Gasteiger partial charge on any atom is 0.354 e. The van der Waals surface area contributed by atoms with Crippen molar-refractivity contribution in [2.45, 2.75) is 6.92 Å². The van der Waals surface area contributed by atoms with E-state index in [0.717, 1.165) is 0 Å². The van der Waals surface area contributed by atoms with Gasteiger partial charge in [0.25, 0.3) is 5.91 Å². The predicted molar refractivity (Wildman–Crippen MR) is 76.9 cm³/mol. The van der Waals surface area contributed by atoms with Gasteiger partial charge in [0.1, 0.15) is 5.69 Å². The largest absolute Gasteiger partial charge is 0.477 e. The van der Waals surface area contributed by atoms with Gasteiger partial charge in [-0.3, -0.25) is 4.79 Å². The first kappa shape index (κ1) is 14.4. The molecule has 7 heteroatoms. The summed E-state index contributed by atoms with van der Waals surface area (Å²) in [5.41, 5.74) is 0.884. The number of hydrogen-bond acceptors (Lipinski definition) is 2. The predicted octanol–water partition coefficient (Wildman–Crippen LogP) is 3.58. The van der Waals surface area contributed by atoms with Crippen molar-refractivity contribution in [1.29, 1.82) is 0 Å². The van der Waals surface area contributed by atoms with E-state index in [4.69, 9.17) is 28.3 Å². The Bertz CT molecular complexity index is 695. The number of amides is 1. The third-order valence-electron chi connectivity index (χ3n) is 2.59. The highest BCUT2D eigenvalue weighted by molar-refractivity contribution is 6.36. The van der Waals surface area contributed by atoms with Crippen molar-refractivity contribution in [3.63, 3.8) is 0 Å². The Kier molecular flexibility index (Phi) is 4.01. The number of aromatic amines is 1. The molecule has 1 heterocycles. The zero-order chi connectivity index (χ0) is 14.9. The van der Waals surface area contributed by atoms with Crippen molar-refractivity contribution in [3.05, 3.63) is 51.3 Å². The van der Waals surface area contributed by atoms with Crippen LogP contribution in [-0.4, -0.2) is 22.0 Å². The lowest BCUT2D eigenvalue weighted by molar-refractivity contribution is 0.0692. The van der Waals surface area contributed by atoms with E-state index < -0.39 is 11.9 Å². The molecule has 0 saturated heterocycles. The molecule has 0 spiro atoms. The van der Waals surface area contributed by atoms with Crippen LogP contribution in [0.25, 0.3) is 0 Å². The zero-order valence-electron chi connectivity index (χ0n) is 10.3. The number of hydrogen-bond donors (Lipinski definition) is 3. The number of carboxylic acids is 1. The van der Waals surface area contributed by atoms with E-state index in [-0.39, 0.29) is 22.0 Å². The molecule has 0 aliphatic rings. The minimum atomic E-state index is -1.16. The monoisotopic (exact) mass is 312 g/mol. The average Bonchev–Trinajstić information content (AvgIpc) is 2.73. The summed E-state index contributed by atoms with van der Waals surface area (Å²) < 4.78 is 0. The van der Waals surface area contributed by atoms with Crippen molar-refractivity contribution >= 4 is 40.8 Å². The maximum atomic E-state index is 12.1. The van der Waals surface area contributed by atoms with Crippen LogP contribution in [0.5, 0.6) is 0 Å². The van der Waals surface area contributed by atoms with Crippen LogP contribution >= 0.6 is 23.2 Å². The van der Waals surface area contributed by atoms with E-state index >= 15 is 0 Å². The second kappa shape index (κ2) is 5.56. The number of aromatic carboxylic acids is 1. The molecule has 104 valence electrons. The lowest BCUT2D eigenvalue weighted by atomic mass is 10.2. The fourth-order valence-electron chi connectivity index (χ4n) is 1.72. The second-order valence-corrected chi connectivity index (χ2v) is 4.97. The number of anilines is 1. The van der Waals surface area contributed by atoms with Gasteiger partial charge in [-0.05, 0) is 31.2 Å². The summed E-state index contributed by atoms with van der Waals surface area (Å²) in [4.78, 5) is 25.8. The first-order valence-electron chi connectivity index (χ1n) is 5.58. The van der Waals surface area contributed by atoms with Gasteiger partial charge in [-0.2, -0.15) is 0 Å². The molecule has 3 N–H and O–H groups in total. The molecule has 1 aromatic heterocycles. The molecule has 0 saturated carbocycles. The van der Waals surface area contributed by atoms with Gasteiger partial charge >= 0.3 is 5.97 Å². The van der Waals surface area contributed by atoms with Gasteiger partial charge in [0.2, 0.25) is 0 Å². The smallest absolute Gasteiger partial charge is 0.354 e.